The second kappa shape index (κ2) is 7.82. The number of anilines is 1. The molecule has 1 aromatic carbocycles. The van der Waals surface area contributed by atoms with Gasteiger partial charge in [-0.25, -0.2) is 13.8 Å². The molecule has 1 atom stereocenters. The minimum Gasteiger partial charge on any atom is -0.366 e. The fourth-order valence-electron chi connectivity index (χ4n) is 2.97. The molecule has 3 rings (SSSR count). The first kappa shape index (κ1) is 18.3. The highest BCUT2D eigenvalue weighted by atomic mass is 19.1. The molecular weight excluding hydrogens is 342 g/mol. The van der Waals surface area contributed by atoms with Crippen molar-refractivity contribution in [1.82, 2.24) is 14.5 Å². The molecule has 2 heterocycles. The van der Waals surface area contributed by atoms with Crippen LogP contribution in [0.15, 0.2) is 30.7 Å². The van der Waals surface area contributed by atoms with Crippen LogP contribution in [0.25, 0.3) is 0 Å². The first-order valence-corrected chi connectivity index (χ1v) is 8.51. The fraction of sp³-hybridized carbons (Fsp3) is 0.444. The molecule has 1 aliphatic heterocycles. The van der Waals surface area contributed by atoms with Crippen molar-refractivity contribution in [3.63, 3.8) is 0 Å². The van der Waals surface area contributed by atoms with E-state index in [1.807, 2.05) is 16.5 Å². The molecule has 0 bridgehead atoms. The lowest BCUT2D eigenvalue weighted by atomic mass is 10.2. The predicted octanol–water partition coefficient (Wildman–Crippen LogP) is 1.95. The van der Waals surface area contributed by atoms with Crippen LogP contribution in [-0.4, -0.2) is 52.6 Å². The van der Waals surface area contributed by atoms with Gasteiger partial charge in [-0.1, -0.05) is 0 Å². The van der Waals surface area contributed by atoms with E-state index in [-0.39, 0.29) is 5.91 Å². The van der Waals surface area contributed by atoms with Gasteiger partial charge in [0.25, 0.3) is 5.91 Å². The number of ether oxygens (including phenoxy) is 1. The number of benzene rings is 1. The number of nitrogens with zero attached hydrogens (tertiary/aromatic N) is 4. The van der Waals surface area contributed by atoms with E-state index in [4.69, 9.17) is 4.74 Å². The van der Waals surface area contributed by atoms with E-state index in [0.717, 1.165) is 11.8 Å². The summed E-state index contributed by atoms with van der Waals surface area (Å²) >= 11 is 0. The second-order valence-corrected chi connectivity index (χ2v) is 6.36. The third-order valence-electron chi connectivity index (χ3n) is 4.59. The van der Waals surface area contributed by atoms with Crippen LogP contribution in [0, 0.1) is 11.6 Å². The summed E-state index contributed by atoms with van der Waals surface area (Å²) in [6, 6.07) is 3.55. The quantitative estimate of drug-likeness (QED) is 0.814. The van der Waals surface area contributed by atoms with Gasteiger partial charge in [0, 0.05) is 39.3 Å². The Labute approximate surface area is 151 Å². The van der Waals surface area contributed by atoms with Gasteiger partial charge in [-0.05, 0) is 19.1 Å². The summed E-state index contributed by atoms with van der Waals surface area (Å²) in [6.07, 6.45) is 2.81. The van der Waals surface area contributed by atoms with Crippen LogP contribution in [0.3, 0.4) is 0 Å². The number of aromatic nitrogens is 2. The highest BCUT2D eigenvalue weighted by Crippen LogP contribution is 2.22. The second-order valence-electron chi connectivity index (χ2n) is 6.36. The Morgan fingerprint density at radius 3 is 2.62 bits per heavy atom. The Morgan fingerprint density at radius 1 is 1.27 bits per heavy atom. The topological polar surface area (TPSA) is 50.6 Å². The van der Waals surface area contributed by atoms with Crippen molar-refractivity contribution in [3.05, 3.63) is 48.1 Å². The first-order chi connectivity index (χ1) is 12.5. The number of halogens is 2. The zero-order valence-electron chi connectivity index (χ0n) is 14.9. The van der Waals surface area contributed by atoms with Crippen molar-refractivity contribution >= 4 is 11.6 Å². The number of hydrogen-bond acceptors (Lipinski definition) is 4. The summed E-state index contributed by atoms with van der Waals surface area (Å²) < 4.78 is 34.4. The van der Waals surface area contributed by atoms with Gasteiger partial charge in [0.05, 0.1) is 30.5 Å². The van der Waals surface area contributed by atoms with Crippen molar-refractivity contribution in [1.29, 1.82) is 0 Å². The molecule has 0 radical (unpaired) electrons. The van der Waals surface area contributed by atoms with Crippen molar-refractivity contribution < 1.29 is 18.3 Å². The summed E-state index contributed by atoms with van der Waals surface area (Å²) in [5.41, 5.74) is 1.25. The lowest BCUT2D eigenvalue weighted by Gasteiger charge is -2.37. The van der Waals surface area contributed by atoms with Crippen LogP contribution in [0.5, 0.6) is 0 Å². The third-order valence-corrected chi connectivity index (χ3v) is 4.59. The van der Waals surface area contributed by atoms with Gasteiger partial charge in [-0.2, -0.15) is 0 Å². The normalized spacial score (nSPS) is 16.0. The molecule has 1 fully saturated rings. The Kier molecular flexibility index (Phi) is 5.51. The van der Waals surface area contributed by atoms with Gasteiger partial charge in [-0.3, -0.25) is 4.79 Å². The maximum Gasteiger partial charge on any atom is 0.251 e. The van der Waals surface area contributed by atoms with Crippen molar-refractivity contribution in [2.45, 2.75) is 19.6 Å². The van der Waals surface area contributed by atoms with Crippen molar-refractivity contribution in [2.24, 2.45) is 7.05 Å². The number of hydrogen-bond donors (Lipinski definition) is 0. The van der Waals surface area contributed by atoms with E-state index < -0.39 is 17.7 Å². The lowest BCUT2D eigenvalue weighted by molar-refractivity contribution is -0.143. The molecule has 0 N–H and O–H groups in total. The van der Waals surface area contributed by atoms with Gasteiger partial charge >= 0.3 is 0 Å². The molecule has 1 saturated heterocycles. The Bertz CT molecular complexity index is 772. The van der Waals surface area contributed by atoms with E-state index in [9.17, 15) is 13.6 Å². The first-order valence-electron chi connectivity index (χ1n) is 8.51. The molecule has 1 amide bonds. The van der Waals surface area contributed by atoms with Crippen LogP contribution >= 0.6 is 0 Å². The number of carbonyl (C=O) groups excluding carboxylic acids is 1. The molecule has 8 heteroatoms. The van der Waals surface area contributed by atoms with Gasteiger partial charge in [-0.15, -0.1) is 0 Å². The summed E-state index contributed by atoms with van der Waals surface area (Å²) in [5.74, 6) is -1.27. The molecule has 0 spiro atoms. The molecule has 2 aromatic rings. The monoisotopic (exact) mass is 364 g/mol. The number of imidazole rings is 1. The van der Waals surface area contributed by atoms with E-state index in [1.54, 1.807) is 24.3 Å². The van der Waals surface area contributed by atoms with Crippen LogP contribution in [-0.2, 0) is 23.2 Å². The highest BCUT2D eigenvalue weighted by molar-refractivity contribution is 5.80. The molecule has 26 heavy (non-hydrogen) atoms. The van der Waals surface area contributed by atoms with Gasteiger partial charge in [0.2, 0.25) is 0 Å². The van der Waals surface area contributed by atoms with E-state index in [0.29, 0.717) is 38.5 Å². The summed E-state index contributed by atoms with van der Waals surface area (Å²) in [5, 5.41) is 0. The standard InChI is InChI=1S/C18H22F2N4O2/c1-13(26-11-15-10-21-12-22(15)2)18(25)24-7-5-23(6-8-24)17-4-3-14(19)9-16(17)20/h3-4,9-10,12-13H,5-8,11H2,1-2H3. The van der Waals surface area contributed by atoms with Crippen LogP contribution in [0.2, 0.25) is 0 Å². The molecular formula is C18H22F2N4O2. The molecule has 1 unspecified atom stereocenters. The lowest BCUT2D eigenvalue weighted by Crippen LogP contribution is -2.51. The average Bonchev–Trinajstić information content (AvgIpc) is 3.04. The maximum absolute atomic E-state index is 13.9. The molecule has 1 aromatic heterocycles. The largest absolute Gasteiger partial charge is 0.366 e. The predicted molar refractivity (Wildman–Crippen MR) is 92.6 cm³/mol. The minimum absolute atomic E-state index is 0.0913. The summed E-state index contributed by atoms with van der Waals surface area (Å²) in [4.78, 5) is 20.1. The van der Waals surface area contributed by atoms with Crippen molar-refractivity contribution in [3.8, 4) is 0 Å². The third kappa shape index (κ3) is 4.01. The smallest absolute Gasteiger partial charge is 0.251 e. The van der Waals surface area contributed by atoms with Crippen LogP contribution < -0.4 is 4.90 Å². The molecule has 6 nitrogen and oxygen atoms in total. The van der Waals surface area contributed by atoms with E-state index >= 15 is 0 Å². The van der Waals surface area contributed by atoms with E-state index in [1.165, 1.54) is 12.1 Å². The zero-order valence-corrected chi connectivity index (χ0v) is 14.9. The highest BCUT2D eigenvalue weighted by Gasteiger charge is 2.26. The number of amides is 1. The summed E-state index contributed by atoms with van der Waals surface area (Å²) in [7, 11) is 1.87. The Balaban J connectivity index is 1.52. The fourth-order valence-corrected chi connectivity index (χ4v) is 2.97. The number of rotatable bonds is 5. The maximum atomic E-state index is 13.9. The van der Waals surface area contributed by atoms with Gasteiger partial charge in [0.1, 0.15) is 17.7 Å². The van der Waals surface area contributed by atoms with Gasteiger partial charge < -0.3 is 19.1 Å². The minimum atomic E-state index is -0.598. The van der Waals surface area contributed by atoms with Crippen molar-refractivity contribution in [2.75, 3.05) is 31.1 Å². The molecule has 0 aliphatic carbocycles. The molecule has 140 valence electrons. The number of aryl methyl sites for hydroxylation is 1. The Hall–Kier alpha value is -2.48. The van der Waals surface area contributed by atoms with Gasteiger partial charge in [0.15, 0.2) is 0 Å². The zero-order chi connectivity index (χ0) is 18.7. The van der Waals surface area contributed by atoms with Crippen LogP contribution in [0.1, 0.15) is 12.6 Å². The average molecular weight is 364 g/mol. The Morgan fingerprint density at radius 2 is 2.00 bits per heavy atom. The number of carbonyl (C=O) groups is 1. The number of piperazine rings is 1. The molecule has 1 aliphatic rings. The molecule has 0 saturated carbocycles. The van der Waals surface area contributed by atoms with Crippen LogP contribution in [0.4, 0.5) is 14.5 Å². The SMILES string of the molecule is CC(OCc1cncn1C)C(=O)N1CCN(c2ccc(F)cc2F)CC1. The van der Waals surface area contributed by atoms with E-state index in [2.05, 4.69) is 4.98 Å². The summed E-state index contributed by atoms with van der Waals surface area (Å²) in [6.45, 7) is 3.95.